The predicted octanol–water partition coefficient (Wildman–Crippen LogP) is 2.65. The summed E-state index contributed by atoms with van der Waals surface area (Å²) in [6, 6.07) is 0. The summed E-state index contributed by atoms with van der Waals surface area (Å²) in [5.74, 6) is 2.90. The molecule has 0 amide bonds. The molecule has 9 heavy (non-hydrogen) atoms. The van der Waals surface area contributed by atoms with Crippen LogP contribution in [0.5, 0.6) is 0 Å². The minimum atomic E-state index is 0.861. The van der Waals surface area contributed by atoms with Gasteiger partial charge in [0.2, 0.25) is 0 Å². The number of rotatable bonds is 5. The van der Waals surface area contributed by atoms with E-state index in [1.165, 1.54) is 19.3 Å². The Bertz CT molecular complexity index is 48.9. The van der Waals surface area contributed by atoms with Crippen LogP contribution in [0.3, 0.4) is 0 Å². The average molecular weight is 164 g/mol. The van der Waals surface area contributed by atoms with Gasteiger partial charge in [0.25, 0.3) is 0 Å². The second-order valence-corrected chi connectivity index (χ2v) is 3.19. The summed E-state index contributed by atoms with van der Waals surface area (Å²) in [7, 11) is 0. The van der Waals surface area contributed by atoms with Crippen molar-refractivity contribution in [2.45, 2.75) is 26.2 Å². The lowest BCUT2D eigenvalue weighted by atomic mass is 10.0. The zero-order valence-corrected chi connectivity index (χ0v) is 7.80. The second-order valence-electron chi connectivity index (χ2n) is 2.30. The third-order valence-corrected chi connectivity index (χ3v) is 2.17. The molecule has 0 saturated heterocycles. The standard InChI is InChI=1S/C7H16S2/c1-2-7(3-5-8)4-6-9/h7-9H,2-6H2,1H3. The smallest absolute Gasteiger partial charge is 0.00953 e. The lowest BCUT2D eigenvalue weighted by Gasteiger charge is -2.10. The van der Waals surface area contributed by atoms with Crippen LogP contribution in [0.4, 0.5) is 0 Å². The van der Waals surface area contributed by atoms with Gasteiger partial charge in [-0.3, -0.25) is 0 Å². The molecular formula is C7H16S2. The highest BCUT2D eigenvalue weighted by molar-refractivity contribution is 7.80. The van der Waals surface area contributed by atoms with E-state index in [0.29, 0.717) is 0 Å². The molecule has 0 heterocycles. The maximum atomic E-state index is 4.18. The molecule has 0 bridgehead atoms. The Labute approximate surface area is 69.2 Å². The Balaban J connectivity index is 3.18. The molecule has 0 aliphatic carbocycles. The third-order valence-electron chi connectivity index (χ3n) is 1.65. The molecule has 0 atom stereocenters. The molecule has 2 heteroatoms. The highest BCUT2D eigenvalue weighted by atomic mass is 32.1. The molecular weight excluding hydrogens is 148 g/mol. The van der Waals surface area contributed by atoms with Gasteiger partial charge < -0.3 is 0 Å². The zero-order chi connectivity index (χ0) is 7.11. The van der Waals surface area contributed by atoms with Crippen LogP contribution in [0.1, 0.15) is 26.2 Å². The highest BCUT2D eigenvalue weighted by Crippen LogP contribution is 2.13. The summed E-state index contributed by atoms with van der Waals surface area (Å²) in [6.45, 7) is 2.23. The van der Waals surface area contributed by atoms with E-state index in [0.717, 1.165) is 17.4 Å². The fraction of sp³-hybridized carbons (Fsp3) is 1.00. The lowest BCUT2D eigenvalue weighted by Crippen LogP contribution is -1.99. The Morgan fingerprint density at radius 3 is 1.78 bits per heavy atom. The zero-order valence-electron chi connectivity index (χ0n) is 6.01. The van der Waals surface area contributed by atoms with Crippen molar-refractivity contribution < 1.29 is 0 Å². The Morgan fingerprint density at radius 2 is 1.56 bits per heavy atom. The molecule has 0 aliphatic heterocycles. The first-order valence-electron chi connectivity index (χ1n) is 3.56. The monoisotopic (exact) mass is 164 g/mol. The first-order valence-corrected chi connectivity index (χ1v) is 4.83. The van der Waals surface area contributed by atoms with Crippen LogP contribution in [0, 0.1) is 5.92 Å². The number of thiol groups is 2. The topological polar surface area (TPSA) is 0 Å². The molecule has 0 radical (unpaired) electrons. The van der Waals surface area contributed by atoms with Crippen molar-refractivity contribution in [2.75, 3.05) is 11.5 Å². The number of hydrogen-bond acceptors (Lipinski definition) is 2. The molecule has 0 nitrogen and oxygen atoms in total. The van der Waals surface area contributed by atoms with Crippen LogP contribution in [0.15, 0.2) is 0 Å². The van der Waals surface area contributed by atoms with Crippen molar-refractivity contribution in [3.8, 4) is 0 Å². The summed E-state index contributed by atoms with van der Waals surface area (Å²) < 4.78 is 0. The molecule has 0 aliphatic rings. The van der Waals surface area contributed by atoms with Crippen molar-refractivity contribution in [3.05, 3.63) is 0 Å². The molecule has 0 rings (SSSR count). The van der Waals surface area contributed by atoms with E-state index in [1.54, 1.807) is 0 Å². The van der Waals surface area contributed by atoms with E-state index < -0.39 is 0 Å². The van der Waals surface area contributed by atoms with E-state index in [4.69, 9.17) is 0 Å². The lowest BCUT2D eigenvalue weighted by molar-refractivity contribution is 0.486. The molecule has 0 unspecified atom stereocenters. The van der Waals surface area contributed by atoms with Gasteiger partial charge in [0, 0.05) is 0 Å². The van der Waals surface area contributed by atoms with Gasteiger partial charge >= 0.3 is 0 Å². The summed E-state index contributed by atoms with van der Waals surface area (Å²) in [4.78, 5) is 0. The maximum absolute atomic E-state index is 4.18. The van der Waals surface area contributed by atoms with Crippen molar-refractivity contribution in [3.63, 3.8) is 0 Å². The predicted molar refractivity (Wildman–Crippen MR) is 50.7 cm³/mol. The van der Waals surface area contributed by atoms with Gasteiger partial charge in [-0.1, -0.05) is 13.3 Å². The Morgan fingerprint density at radius 1 is 1.11 bits per heavy atom. The van der Waals surface area contributed by atoms with Crippen LogP contribution >= 0.6 is 25.3 Å². The number of hydrogen-bond donors (Lipinski definition) is 2. The summed E-state index contributed by atoms with van der Waals surface area (Å²) in [5, 5.41) is 0. The molecule has 0 saturated carbocycles. The second kappa shape index (κ2) is 6.81. The largest absolute Gasteiger partial charge is 0.179 e. The molecule has 0 fully saturated rings. The fourth-order valence-electron chi connectivity index (χ4n) is 0.918. The molecule has 56 valence electrons. The first kappa shape index (κ1) is 9.70. The van der Waals surface area contributed by atoms with E-state index >= 15 is 0 Å². The van der Waals surface area contributed by atoms with E-state index in [-0.39, 0.29) is 0 Å². The maximum Gasteiger partial charge on any atom is -0.00953 e. The molecule has 0 aromatic heterocycles. The molecule has 0 aromatic carbocycles. The van der Waals surface area contributed by atoms with E-state index in [9.17, 15) is 0 Å². The van der Waals surface area contributed by atoms with Gasteiger partial charge in [0.1, 0.15) is 0 Å². The van der Waals surface area contributed by atoms with Crippen molar-refractivity contribution in [2.24, 2.45) is 5.92 Å². The first-order chi connectivity index (χ1) is 4.35. The Kier molecular flexibility index (Phi) is 7.34. The van der Waals surface area contributed by atoms with Gasteiger partial charge in [0.05, 0.1) is 0 Å². The van der Waals surface area contributed by atoms with Crippen LogP contribution in [0.2, 0.25) is 0 Å². The van der Waals surface area contributed by atoms with Gasteiger partial charge in [-0.2, -0.15) is 25.3 Å². The fourth-order valence-corrected chi connectivity index (χ4v) is 1.65. The highest BCUT2D eigenvalue weighted by Gasteiger charge is 2.01. The molecule has 0 N–H and O–H groups in total. The van der Waals surface area contributed by atoms with Gasteiger partial charge in [-0.25, -0.2) is 0 Å². The summed E-state index contributed by atoms with van der Waals surface area (Å²) in [5.41, 5.74) is 0. The van der Waals surface area contributed by atoms with Gasteiger partial charge in [-0.15, -0.1) is 0 Å². The van der Waals surface area contributed by atoms with E-state index in [1.807, 2.05) is 0 Å². The van der Waals surface area contributed by atoms with Crippen molar-refractivity contribution in [1.29, 1.82) is 0 Å². The molecule has 0 aromatic rings. The van der Waals surface area contributed by atoms with Gasteiger partial charge in [0.15, 0.2) is 0 Å². The van der Waals surface area contributed by atoms with Gasteiger partial charge in [-0.05, 0) is 30.3 Å². The third kappa shape index (κ3) is 5.16. The summed E-state index contributed by atoms with van der Waals surface area (Å²) >= 11 is 8.36. The van der Waals surface area contributed by atoms with Crippen molar-refractivity contribution in [1.82, 2.24) is 0 Å². The minimum Gasteiger partial charge on any atom is -0.179 e. The van der Waals surface area contributed by atoms with Crippen LogP contribution in [0.25, 0.3) is 0 Å². The van der Waals surface area contributed by atoms with E-state index in [2.05, 4.69) is 32.2 Å². The summed E-state index contributed by atoms with van der Waals surface area (Å²) in [6.07, 6.45) is 3.78. The quantitative estimate of drug-likeness (QED) is 0.573. The Hall–Kier alpha value is 0.700. The van der Waals surface area contributed by atoms with Crippen LogP contribution in [-0.2, 0) is 0 Å². The normalized spacial score (nSPS) is 10.7. The molecule has 0 spiro atoms. The van der Waals surface area contributed by atoms with Crippen LogP contribution in [-0.4, -0.2) is 11.5 Å². The SMILES string of the molecule is CCC(CCS)CCS. The average Bonchev–Trinajstić information content (AvgIpc) is 1.88. The van der Waals surface area contributed by atoms with Crippen LogP contribution < -0.4 is 0 Å². The minimum absolute atomic E-state index is 0.861. The van der Waals surface area contributed by atoms with Crippen molar-refractivity contribution >= 4 is 25.3 Å².